The lowest BCUT2D eigenvalue weighted by Gasteiger charge is -2.31. The quantitative estimate of drug-likeness (QED) is 0.855. The Kier molecular flexibility index (Phi) is 5.17. The molecular weight excluding hydrogens is 308 g/mol. The lowest BCUT2D eigenvalue weighted by molar-refractivity contribution is -0.119. The Morgan fingerprint density at radius 3 is 3.04 bits per heavy atom. The van der Waals surface area contributed by atoms with Crippen molar-refractivity contribution < 1.29 is 9.53 Å². The second-order valence-corrected chi connectivity index (χ2v) is 5.86. The van der Waals surface area contributed by atoms with E-state index in [1.165, 1.54) is 6.92 Å². The van der Waals surface area contributed by atoms with E-state index >= 15 is 0 Å². The van der Waals surface area contributed by atoms with Crippen molar-refractivity contribution in [1.29, 1.82) is 0 Å². The number of morpholine rings is 1. The Hall–Kier alpha value is -2.32. The third-order valence-electron chi connectivity index (χ3n) is 3.97. The number of rotatable bonds is 5. The Morgan fingerprint density at radius 2 is 2.29 bits per heavy atom. The minimum absolute atomic E-state index is 0.0784. The van der Waals surface area contributed by atoms with Gasteiger partial charge in [-0.15, -0.1) is 0 Å². The number of hydrogen-bond acceptors (Lipinski definition) is 6. The molecule has 0 aliphatic carbocycles. The Bertz CT molecular complexity index is 701. The van der Waals surface area contributed by atoms with Crippen LogP contribution in [0.25, 0.3) is 0 Å². The number of carbonyl (C=O) groups is 1. The van der Waals surface area contributed by atoms with Gasteiger partial charge in [0.2, 0.25) is 5.91 Å². The summed E-state index contributed by atoms with van der Waals surface area (Å²) < 4.78 is 7.87. The van der Waals surface area contributed by atoms with E-state index < -0.39 is 0 Å². The Balaban J connectivity index is 1.65. The smallest absolute Gasteiger partial charge is 0.217 e. The molecule has 2 aromatic rings. The normalized spacial score (nSPS) is 18.5. The minimum Gasteiger partial charge on any atom is -0.368 e. The molecule has 3 heterocycles. The standard InChI is InChI=1S/C16H22N6O2/c1-12(23)19-9-13-3-4-18-16(20-13)14-10-22(7-8-24-14)11-15-17-5-6-21(15)2/h3-6,14H,7-11H2,1-2H3,(H,19,23)/t14-/m1/s1. The summed E-state index contributed by atoms with van der Waals surface area (Å²) in [7, 11) is 1.99. The van der Waals surface area contributed by atoms with Crippen LogP contribution in [-0.2, 0) is 29.7 Å². The van der Waals surface area contributed by atoms with Gasteiger partial charge in [-0.2, -0.15) is 0 Å². The Morgan fingerprint density at radius 1 is 1.42 bits per heavy atom. The first-order valence-electron chi connectivity index (χ1n) is 7.98. The average molecular weight is 330 g/mol. The maximum absolute atomic E-state index is 11.0. The van der Waals surface area contributed by atoms with E-state index in [2.05, 4.69) is 25.2 Å². The van der Waals surface area contributed by atoms with Crippen molar-refractivity contribution in [3.05, 3.63) is 42.0 Å². The van der Waals surface area contributed by atoms with Gasteiger partial charge in [0.15, 0.2) is 5.82 Å². The molecule has 1 N–H and O–H groups in total. The lowest BCUT2D eigenvalue weighted by atomic mass is 10.2. The molecule has 0 aromatic carbocycles. The van der Waals surface area contributed by atoms with Crippen LogP contribution < -0.4 is 5.32 Å². The van der Waals surface area contributed by atoms with Gasteiger partial charge in [0.25, 0.3) is 0 Å². The van der Waals surface area contributed by atoms with E-state index in [1.807, 2.05) is 24.0 Å². The van der Waals surface area contributed by atoms with Crippen LogP contribution in [0.4, 0.5) is 0 Å². The highest BCUT2D eigenvalue weighted by molar-refractivity contribution is 5.72. The van der Waals surface area contributed by atoms with Crippen molar-refractivity contribution in [3.8, 4) is 0 Å². The third kappa shape index (κ3) is 4.15. The first kappa shape index (κ1) is 16.5. The molecule has 0 unspecified atom stereocenters. The molecule has 0 bridgehead atoms. The van der Waals surface area contributed by atoms with Gasteiger partial charge in [0.1, 0.15) is 11.9 Å². The number of carbonyl (C=O) groups excluding carboxylic acids is 1. The van der Waals surface area contributed by atoms with Gasteiger partial charge < -0.3 is 14.6 Å². The van der Waals surface area contributed by atoms with Gasteiger partial charge in [-0.1, -0.05) is 0 Å². The molecule has 0 spiro atoms. The summed E-state index contributed by atoms with van der Waals surface area (Å²) in [5.74, 6) is 1.60. The highest BCUT2D eigenvalue weighted by atomic mass is 16.5. The topological polar surface area (TPSA) is 85.2 Å². The summed E-state index contributed by atoms with van der Waals surface area (Å²) in [6.45, 7) is 4.87. The molecule has 1 atom stereocenters. The van der Waals surface area contributed by atoms with Gasteiger partial charge >= 0.3 is 0 Å². The summed E-state index contributed by atoms with van der Waals surface area (Å²) in [6, 6.07) is 1.80. The second kappa shape index (κ2) is 7.50. The molecule has 1 amide bonds. The molecule has 3 rings (SSSR count). The SMILES string of the molecule is CC(=O)NCc1ccnc([C@H]2CN(Cc3nccn3C)CCO2)n1. The molecule has 8 heteroatoms. The average Bonchev–Trinajstić information content (AvgIpc) is 2.98. The first-order chi connectivity index (χ1) is 11.6. The zero-order chi connectivity index (χ0) is 16.9. The molecule has 24 heavy (non-hydrogen) atoms. The lowest BCUT2D eigenvalue weighted by Crippen LogP contribution is -2.39. The number of nitrogens with one attached hydrogen (secondary N) is 1. The van der Waals surface area contributed by atoms with Gasteiger partial charge in [-0.25, -0.2) is 15.0 Å². The van der Waals surface area contributed by atoms with Crippen LogP contribution in [-0.4, -0.2) is 50.0 Å². The van der Waals surface area contributed by atoms with Crippen molar-refractivity contribution in [2.24, 2.45) is 7.05 Å². The van der Waals surface area contributed by atoms with Crippen LogP contribution in [0.5, 0.6) is 0 Å². The molecule has 0 radical (unpaired) electrons. The van der Waals surface area contributed by atoms with E-state index in [-0.39, 0.29) is 12.0 Å². The predicted molar refractivity (Wildman–Crippen MR) is 86.7 cm³/mol. The fourth-order valence-electron chi connectivity index (χ4n) is 2.63. The number of imidazole rings is 1. The number of ether oxygens (including phenoxy) is 1. The van der Waals surface area contributed by atoms with Crippen molar-refractivity contribution in [2.75, 3.05) is 19.7 Å². The third-order valence-corrected chi connectivity index (χ3v) is 3.97. The predicted octanol–water partition coefficient (Wildman–Crippen LogP) is 0.420. The number of amides is 1. The molecule has 1 fully saturated rings. The summed E-state index contributed by atoms with van der Waals surface area (Å²) in [5.41, 5.74) is 0.778. The maximum atomic E-state index is 11.0. The molecule has 8 nitrogen and oxygen atoms in total. The zero-order valence-corrected chi connectivity index (χ0v) is 14.0. The summed E-state index contributed by atoms with van der Waals surface area (Å²) in [4.78, 5) is 26.6. The molecule has 1 aliphatic rings. The van der Waals surface area contributed by atoms with Gasteiger partial charge in [-0.05, 0) is 6.07 Å². The Labute approximate surface area is 140 Å². The van der Waals surface area contributed by atoms with Crippen molar-refractivity contribution in [1.82, 2.24) is 29.7 Å². The largest absolute Gasteiger partial charge is 0.368 e. The number of aryl methyl sites for hydroxylation is 1. The molecule has 128 valence electrons. The van der Waals surface area contributed by atoms with Gasteiger partial charge in [0, 0.05) is 45.7 Å². The molecule has 2 aromatic heterocycles. The van der Waals surface area contributed by atoms with Crippen LogP contribution >= 0.6 is 0 Å². The summed E-state index contributed by atoms with van der Waals surface area (Å²) in [5, 5.41) is 2.75. The fraction of sp³-hybridized carbons (Fsp3) is 0.500. The maximum Gasteiger partial charge on any atom is 0.217 e. The summed E-state index contributed by atoms with van der Waals surface area (Å²) in [6.07, 6.45) is 5.29. The highest BCUT2D eigenvalue weighted by Gasteiger charge is 2.25. The molecule has 1 aliphatic heterocycles. The molecule has 1 saturated heterocycles. The number of hydrogen-bond donors (Lipinski definition) is 1. The summed E-state index contributed by atoms with van der Waals surface area (Å²) >= 11 is 0. The van der Waals surface area contributed by atoms with Crippen LogP contribution in [0, 0.1) is 0 Å². The van der Waals surface area contributed by atoms with E-state index in [1.54, 1.807) is 12.3 Å². The van der Waals surface area contributed by atoms with E-state index in [9.17, 15) is 4.79 Å². The monoisotopic (exact) mass is 330 g/mol. The van der Waals surface area contributed by atoms with Crippen LogP contribution in [0.3, 0.4) is 0 Å². The van der Waals surface area contributed by atoms with Gasteiger partial charge in [0.05, 0.1) is 25.4 Å². The van der Waals surface area contributed by atoms with Crippen molar-refractivity contribution >= 4 is 5.91 Å². The van der Waals surface area contributed by atoms with E-state index in [0.29, 0.717) is 19.0 Å². The zero-order valence-electron chi connectivity index (χ0n) is 14.0. The fourth-order valence-corrected chi connectivity index (χ4v) is 2.63. The van der Waals surface area contributed by atoms with Crippen LogP contribution in [0.1, 0.15) is 30.4 Å². The highest BCUT2D eigenvalue weighted by Crippen LogP contribution is 2.20. The van der Waals surface area contributed by atoms with E-state index in [0.717, 1.165) is 31.2 Å². The molecule has 0 saturated carbocycles. The first-order valence-corrected chi connectivity index (χ1v) is 7.98. The van der Waals surface area contributed by atoms with E-state index in [4.69, 9.17) is 4.74 Å². The van der Waals surface area contributed by atoms with Gasteiger partial charge in [-0.3, -0.25) is 9.69 Å². The van der Waals surface area contributed by atoms with Crippen molar-refractivity contribution in [2.45, 2.75) is 26.1 Å². The molecular formula is C16H22N6O2. The van der Waals surface area contributed by atoms with Crippen LogP contribution in [0.2, 0.25) is 0 Å². The van der Waals surface area contributed by atoms with Crippen molar-refractivity contribution in [3.63, 3.8) is 0 Å². The number of aromatic nitrogens is 4. The second-order valence-electron chi connectivity index (χ2n) is 5.86. The minimum atomic E-state index is -0.170. The number of nitrogens with zero attached hydrogens (tertiary/aromatic N) is 5. The van der Waals surface area contributed by atoms with Crippen LogP contribution in [0.15, 0.2) is 24.7 Å².